The van der Waals surface area contributed by atoms with Crippen LogP contribution >= 0.6 is 15.9 Å². The number of hydrazone groups is 1. The first kappa shape index (κ1) is 18.1. The number of hydrogen-bond donors (Lipinski definition) is 2. The molecule has 1 aliphatic rings. The van der Waals surface area contributed by atoms with Crippen LogP contribution < -0.4 is 10.7 Å². The molecular weight excluding hydrogens is 378 g/mol. The molecule has 0 saturated carbocycles. The summed E-state index contributed by atoms with van der Waals surface area (Å²) in [5.41, 5.74) is 3.30. The van der Waals surface area contributed by atoms with Crippen molar-refractivity contribution in [3.63, 3.8) is 0 Å². The Balaban J connectivity index is 1.84. The first-order valence-corrected chi connectivity index (χ1v) is 8.36. The van der Waals surface area contributed by atoms with Gasteiger partial charge in [0.05, 0.1) is 6.04 Å². The lowest BCUT2D eigenvalue weighted by molar-refractivity contribution is -0.142. The van der Waals surface area contributed by atoms with Gasteiger partial charge in [-0.05, 0) is 24.1 Å². The molecule has 2 N–H and O–H groups in total. The van der Waals surface area contributed by atoms with E-state index in [9.17, 15) is 14.4 Å². The highest BCUT2D eigenvalue weighted by atomic mass is 79.9. The van der Waals surface area contributed by atoms with Gasteiger partial charge in [0.15, 0.2) is 6.61 Å². The van der Waals surface area contributed by atoms with Gasteiger partial charge in [0.1, 0.15) is 5.71 Å². The number of ether oxygens (including phenoxy) is 1. The fourth-order valence-corrected chi connectivity index (χ4v) is 2.45. The average Bonchev–Trinajstić information content (AvgIpc) is 2.59. The second-order valence-corrected chi connectivity index (χ2v) is 6.17. The smallest absolute Gasteiger partial charge is 0.355 e. The number of benzene rings is 1. The normalized spacial score (nSPS) is 15.1. The number of rotatable bonds is 6. The largest absolute Gasteiger partial charge is 0.451 e. The number of carbonyl (C=O) groups is 3. The summed E-state index contributed by atoms with van der Waals surface area (Å²) in [4.78, 5) is 34.7. The van der Waals surface area contributed by atoms with Gasteiger partial charge in [-0.3, -0.25) is 9.59 Å². The Kier molecular flexibility index (Phi) is 6.48. The molecule has 0 unspecified atom stereocenters. The molecule has 0 bridgehead atoms. The Morgan fingerprint density at radius 1 is 1.33 bits per heavy atom. The molecule has 1 atom stereocenters. The zero-order valence-electron chi connectivity index (χ0n) is 13.2. The van der Waals surface area contributed by atoms with Gasteiger partial charge in [0.2, 0.25) is 5.91 Å². The molecule has 1 aromatic rings. The van der Waals surface area contributed by atoms with Crippen LogP contribution in [0.15, 0.2) is 33.8 Å². The average molecular weight is 396 g/mol. The number of nitrogens with zero attached hydrogens (tertiary/aromatic N) is 1. The SMILES string of the molecule is CC[C@@H](NC(=O)COC(=O)C1=NNC(=O)CC1)c1ccc(Br)cc1. The number of esters is 1. The second kappa shape index (κ2) is 8.58. The first-order chi connectivity index (χ1) is 11.5. The van der Waals surface area contributed by atoms with E-state index in [1.54, 1.807) is 0 Å². The lowest BCUT2D eigenvalue weighted by atomic mass is 10.0. The van der Waals surface area contributed by atoms with Crippen molar-refractivity contribution < 1.29 is 19.1 Å². The molecule has 1 heterocycles. The number of halogens is 1. The predicted molar refractivity (Wildman–Crippen MR) is 91.1 cm³/mol. The van der Waals surface area contributed by atoms with E-state index >= 15 is 0 Å². The van der Waals surface area contributed by atoms with Crippen LogP contribution in [0.3, 0.4) is 0 Å². The fourth-order valence-electron chi connectivity index (χ4n) is 2.19. The van der Waals surface area contributed by atoms with Gasteiger partial charge in [-0.1, -0.05) is 35.0 Å². The van der Waals surface area contributed by atoms with Crippen LogP contribution in [0, 0.1) is 0 Å². The van der Waals surface area contributed by atoms with E-state index < -0.39 is 18.5 Å². The van der Waals surface area contributed by atoms with E-state index in [4.69, 9.17) is 4.74 Å². The molecule has 0 saturated heterocycles. The number of hydrogen-bond acceptors (Lipinski definition) is 5. The molecule has 24 heavy (non-hydrogen) atoms. The van der Waals surface area contributed by atoms with Gasteiger partial charge in [0.25, 0.3) is 5.91 Å². The molecule has 2 rings (SSSR count). The van der Waals surface area contributed by atoms with Crippen LogP contribution in [-0.2, 0) is 19.1 Å². The van der Waals surface area contributed by atoms with E-state index in [-0.39, 0.29) is 30.5 Å². The second-order valence-electron chi connectivity index (χ2n) is 5.25. The summed E-state index contributed by atoms with van der Waals surface area (Å²) in [5, 5.41) is 6.45. The van der Waals surface area contributed by atoms with Gasteiger partial charge >= 0.3 is 5.97 Å². The van der Waals surface area contributed by atoms with Crippen molar-refractivity contribution in [3.8, 4) is 0 Å². The molecule has 0 aliphatic carbocycles. The third-order valence-corrected chi connectivity index (χ3v) is 4.02. The topological polar surface area (TPSA) is 96.9 Å². The van der Waals surface area contributed by atoms with Crippen LogP contribution in [0.25, 0.3) is 0 Å². The van der Waals surface area contributed by atoms with E-state index in [0.29, 0.717) is 6.42 Å². The van der Waals surface area contributed by atoms with Crippen molar-refractivity contribution in [1.29, 1.82) is 0 Å². The zero-order valence-corrected chi connectivity index (χ0v) is 14.8. The van der Waals surface area contributed by atoms with Crippen molar-refractivity contribution in [3.05, 3.63) is 34.3 Å². The molecule has 1 aliphatic heterocycles. The zero-order chi connectivity index (χ0) is 17.5. The van der Waals surface area contributed by atoms with Gasteiger partial charge in [-0.2, -0.15) is 5.10 Å². The van der Waals surface area contributed by atoms with E-state index in [1.807, 2.05) is 31.2 Å². The number of amides is 2. The van der Waals surface area contributed by atoms with Crippen LogP contribution in [-0.4, -0.2) is 30.1 Å². The Hall–Kier alpha value is -2.22. The number of nitrogens with one attached hydrogen (secondary N) is 2. The highest BCUT2D eigenvalue weighted by Crippen LogP contribution is 2.19. The molecule has 0 radical (unpaired) electrons. The van der Waals surface area contributed by atoms with Crippen molar-refractivity contribution in [2.24, 2.45) is 5.10 Å². The van der Waals surface area contributed by atoms with Crippen LogP contribution in [0.4, 0.5) is 0 Å². The van der Waals surface area contributed by atoms with Gasteiger partial charge in [-0.15, -0.1) is 0 Å². The Labute approximate surface area is 148 Å². The highest BCUT2D eigenvalue weighted by Gasteiger charge is 2.21. The Bertz CT molecular complexity index is 658. The molecule has 8 heteroatoms. The first-order valence-electron chi connectivity index (χ1n) is 7.57. The summed E-state index contributed by atoms with van der Waals surface area (Å²) in [6.07, 6.45) is 1.10. The Morgan fingerprint density at radius 3 is 2.62 bits per heavy atom. The molecule has 7 nitrogen and oxygen atoms in total. The maximum absolute atomic E-state index is 12.0. The molecule has 0 spiro atoms. The summed E-state index contributed by atoms with van der Waals surface area (Å²) in [5.74, 6) is -1.33. The lowest BCUT2D eigenvalue weighted by Crippen LogP contribution is -2.35. The quantitative estimate of drug-likeness (QED) is 0.717. The van der Waals surface area contributed by atoms with E-state index in [2.05, 4.69) is 31.8 Å². The molecule has 2 amide bonds. The lowest BCUT2D eigenvalue weighted by Gasteiger charge is -2.18. The third kappa shape index (κ3) is 5.16. The van der Waals surface area contributed by atoms with Crippen LogP contribution in [0.2, 0.25) is 0 Å². The summed E-state index contributed by atoms with van der Waals surface area (Å²) in [7, 11) is 0. The van der Waals surface area contributed by atoms with Crippen molar-refractivity contribution >= 4 is 39.4 Å². The van der Waals surface area contributed by atoms with Gasteiger partial charge in [0, 0.05) is 17.3 Å². The summed E-state index contributed by atoms with van der Waals surface area (Å²) < 4.78 is 5.90. The molecule has 0 aromatic heterocycles. The van der Waals surface area contributed by atoms with Crippen molar-refractivity contribution in [1.82, 2.24) is 10.7 Å². The standard InChI is InChI=1S/C16H18BrN3O4/c1-2-12(10-3-5-11(17)6-4-10)18-15(22)9-24-16(23)13-7-8-14(21)20-19-13/h3-6,12H,2,7-9H2,1H3,(H,18,22)(H,20,21)/t12-/m1/s1. The van der Waals surface area contributed by atoms with Crippen LogP contribution in [0.5, 0.6) is 0 Å². The summed E-state index contributed by atoms with van der Waals surface area (Å²) in [6, 6.07) is 7.49. The molecule has 1 aromatic carbocycles. The molecule has 128 valence electrons. The monoisotopic (exact) mass is 395 g/mol. The highest BCUT2D eigenvalue weighted by molar-refractivity contribution is 9.10. The third-order valence-electron chi connectivity index (χ3n) is 3.49. The van der Waals surface area contributed by atoms with Crippen molar-refractivity contribution in [2.45, 2.75) is 32.2 Å². The van der Waals surface area contributed by atoms with E-state index in [0.717, 1.165) is 10.0 Å². The number of carbonyl (C=O) groups excluding carboxylic acids is 3. The minimum Gasteiger partial charge on any atom is -0.451 e. The summed E-state index contributed by atoms with van der Waals surface area (Å²) >= 11 is 3.37. The van der Waals surface area contributed by atoms with Crippen LogP contribution in [0.1, 0.15) is 37.8 Å². The minimum atomic E-state index is -0.693. The maximum atomic E-state index is 12.0. The van der Waals surface area contributed by atoms with Gasteiger partial charge < -0.3 is 10.1 Å². The van der Waals surface area contributed by atoms with Gasteiger partial charge in [-0.25, -0.2) is 10.2 Å². The van der Waals surface area contributed by atoms with E-state index in [1.165, 1.54) is 0 Å². The Morgan fingerprint density at radius 2 is 2.04 bits per heavy atom. The van der Waals surface area contributed by atoms with Crippen molar-refractivity contribution in [2.75, 3.05) is 6.61 Å². The molecular formula is C16H18BrN3O4. The maximum Gasteiger partial charge on any atom is 0.355 e. The minimum absolute atomic E-state index is 0.113. The summed E-state index contributed by atoms with van der Waals surface area (Å²) in [6.45, 7) is 1.57. The predicted octanol–water partition coefficient (Wildman–Crippen LogP) is 1.83. The molecule has 0 fully saturated rings. The fraction of sp³-hybridized carbons (Fsp3) is 0.375.